The van der Waals surface area contributed by atoms with Gasteiger partial charge in [0.25, 0.3) is 0 Å². The molecule has 0 aliphatic carbocycles. The maximum Gasteiger partial charge on any atom is 0.160 e. The number of aryl methyl sites for hydroxylation is 1. The molecule has 0 spiro atoms. The molecule has 0 heterocycles. The zero-order valence-corrected chi connectivity index (χ0v) is 12.7. The molecule has 0 bridgehead atoms. The summed E-state index contributed by atoms with van der Waals surface area (Å²) in [5.41, 5.74) is 2.86. The Kier molecular flexibility index (Phi) is 4.06. The van der Waals surface area contributed by atoms with Gasteiger partial charge in [0.05, 0.1) is 0 Å². The number of hydrogen-bond donors (Lipinski definition) is 1. The molecule has 1 nitrogen and oxygen atoms in total. The molecule has 1 aromatic rings. The minimum Gasteiger partial charge on any atom is -0.507 e. The fraction of sp³-hybridized carbons (Fsp3) is 0.400. The number of benzene rings is 1. The molecule has 0 aromatic heterocycles. The maximum atomic E-state index is 9.88. The van der Waals surface area contributed by atoms with Crippen LogP contribution >= 0.6 is 47.8 Å². The van der Waals surface area contributed by atoms with Crippen LogP contribution in [0.5, 0.6) is 5.75 Å². The van der Waals surface area contributed by atoms with Crippen LogP contribution in [0.2, 0.25) is 0 Å². The average molecular weight is 387 g/mol. The molecule has 1 aromatic carbocycles. The lowest BCUT2D eigenvalue weighted by atomic mass is 10.0. The Labute approximate surface area is 109 Å². The lowest BCUT2D eigenvalue weighted by molar-refractivity contribution is 0.464. The highest BCUT2D eigenvalue weighted by Gasteiger charge is 2.25. The van der Waals surface area contributed by atoms with E-state index >= 15 is 0 Å². The van der Waals surface area contributed by atoms with Crippen molar-refractivity contribution in [2.45, 2.75) is 22.4 Å². The Morgan fingerprint density at radius 1 is 1.29 bits per heavy atom. The molecule has 1 rings (SSSR count). The van der Waals surface area contributed by atoms with E-state index in [0.717, 1.165) is 23.1 Å². The lowest BCUT2D eigenvalue weighted by Crippen LogP contribution is -2.03. The van der Waals surface area contributed by atoms with Crippen LogP contribution in [0.25, 0.3) is 0 Å². The molecule has 0 amide bonds. The minimum absolute atomic E-state index is 0.382. The van der Waals surface area contributed by atoms with Crippen LogP contribution < -0.4 is 0 Å². The molecule has 0 unspecified atom stereocenters. The highest BCUT2D eigenvalue weighted by Crippen LogP contribution is 2.47. The first-order chi connectivity index (χ1) is 6.38. The lowest BCUT2D eigenvalue weighted by Gasteiger charge is -2.18. The zero-order chi connectivity index (χ0) is 10.9. The monoisotopic (exact) mass is 384 g/mol. The third-order valence-corrected chi connectivity index (χ3v) is 3.42. The van der Waals surface area contributed by atoms with Crippen molar-refractivity contribution in [3.8, 4) is 5.75 Å². The molecule has 0 saturated carbocycles. The summed E-state index contributed by atoms with van der Waals surface area (Å²) in [4.78, 5) is 0. The van der Waals surface area contributed by atoms with Crippen LogP contribution in [0.4, 0.5) is 0 Å². The molecule has 0 fully saturated rings. The predicted octanol–water partition coefficient (Wildman–Crippen LogP) is 4.56. The number of aromatic hydroxyl groups is 1. The van der Waals surface area contributed by atoms with Crippen LogP contribution in [0, 0.1) is 6.92 Å². The Morgan fingerprint density at radius 3 is 2.29 bits per heavy atom. The quantitative estimate of drug-likeness (QED) is 0.701. The molecule has 0 saturated heterocycles. The molecule has 0 aliphatic heterocycles. The molecule has 0 radical (unpaired) electrons. The van der Waals surface area contributed by atoms with Crippen molar-refractivity contribution < 1.29 is 5.11 Å². The smallest absolute Gasteiger partial charge is 0.160 e. The van der Waals surface area contributed by atoms with Gasteiger partial charge < -0.3 is 5.11 Å². The minimum atomic E-state index is -0.455. The van der Waals surface area contributed by atoms with E-state index in [1.807, 2.05) is 26.0 Å². The highest BCUT2D eigenvalue weighted by molar-refractivity contribution is 9.38. The molecule has 14 heavy (non-hydrogen) atoms. The number of rotatable bonds is 1. The Bertz CT molecular complexity index is 342. The second-order valence-corrected chi connectivity index (χ2v) is 9.87. The Hall–Kier alpha value is 0.460. The standard InChI is InChI=1S/C10H11Br3O/c1-3-7-8(10(11,12)13)5-4-6(2)9(7)14/h4-5,14H,3H2,1-2H3. The summed E-state index contributed by atoms with van der Waals surface area (Å²) in [6.45, 7) is 3.92. The van der Waals surface area contributed by atoms with E-state index in [2.05, 4.69) is 47.8 Å². The zero-order valence-electron chi connectivity index (χ0n) is 7.94. The first-order valence-electron chi connectivity index (χ1n) is 4.26. The largest absolute Gasteiger partial charge is 0.507 e. The molecule has 0 aliphatic rings. The van der Waals surface area contributed by atoms with Gasteiger partial charge in [-0.25, -0.2) is 0 Å². The Balaban J connectivity index is 3.39. The summed E-state index contributed by atoms with van der Waals surface area (Å²) >= 11 is 10.4. The normalized spacial score (nSPS) is 11.8. The fourth-order valence-electron chi connectivity index (χ4n) is 1.38. The van der Waals surface area contributed by atoms with Gasteiger partial charge in [-0.05, 0) is 24.5 Å². The third kappa shape index (κ3) is 2.52. The topological polar surface area (TPSA) is 20.2 Å². The van der Waals surface area contributed by atoms with Gasteiger partial charge in [-0.1, -0.05) is 66.8 Å². The third-order valence-electron chi connectivity index (χ3n) is 2.14. The van der Waals surface area contributed by atoms with Gasteiger partial charge in [0.1, 0.15) is 5.75 Å². The van der Waals surface area contributed by atoms with E-state index in [1.54, 1.807) is 0 Å². The van der Waals surface area contributed by atoms with E-state index in [0.29, 0.717) is 5.75 Å². The van der Waals surface area contributed by atoms with Gasteiger partial charge in [0.2, 0.25) is 0 Å². The SMILES string of the molecule is CCc1c(C(Br)(Br)Br)ccc(C)c1O. The van der Waals surface area contributed by atoms with Gasteiger partial charge in [-0.3, -0.25) is 0 Å². The first-order valence-corrected chi connectivity index (χ1v) is 6.64. The number of hydrogen-bond acceptors (Lipinski definition) is 1. The molecular weight excluding hydrogens is 376 g/mol. The maximum absolute atomic E-state index is 9.88. The van der Waals surface area contributed by atoms with Crippen LogP contribution in [0.3, 0.4) is 0 Å². The van der Waals surface area contributed by atoms with Crippen molar-refractivity contribution in [1.29, 1.82) is 0 Å². The highest BCUT2D eigenvalue weighted by atomic mass is 80.0. The summed E-state index contributed by atoms with van der Waals surface area (Å²) in [6.07, 6.45) is 0.799. The molecule has 1 N–H and O–H groups in total. The molecule has 78 valence electrons. The number of halogens is 3. The summed E-state index contributed by atoms with van der Waals surface area (Å²) in [5, 5.41) is 9.88. The summed E-state index contributed by atoms with van der Waals surface area (Å²) < 4.78 is -0.455. The summed E-state index contributed by atoms with van der Waals surface area (Å²) in [6, 6.07) is 3.90. The van der Waals surface area contributed by atoms with Crippen molar-refractivity contribution >= 4 is 47.8 Å². The first kappa shape index (κ1) is 12.5. The van der Waals surface area contributed by atoms with Crippen LogP contribution in [0.15, 0.2) is 12.1 Å². The molecule has 4 heteroatoms. The Morgan fingerprint density at radius 2 is 1.86 bits per heavy atom. The van der Waals surface area contributed by atoms with Gasteiger partial charge in [0.15, 0.2) is 2.14 Å². The van der Waals surface area contributed by atoms with Crippen molar-refractivity contribution in [2.75, 3.05) is 0 Å². The van der Waals surface area contributed by atoms with E-state index in [4.69, 9.17) is 0 Å². The number of phenols is 1. The van der Waals surface area contributed by atoms with Gasteiger partial charge >= 0.3 is 0 Å². The molecule has 0 atom stereocenters. The van der Waals surface area contributed by atoms with E-state index in [-0.39, 0.29) is 0 Å². The van der Waals surface area contributed by atoms with E-state index in [9.17, 15) is 5.11 Å². The second kappa shape index (κ2) is 4.54. The van der Waals surface area contributed by atoms with Gasteiger partial charge in [-0.15, -0.1) is 0 Å². The van der Waals surface area contributed by atoms with Crippen molar-refractivity contribution in [3.05, 3.63) is 28.8 Å². The average Bonchev–Trinajstić information content (AvgIpc) is 2.07. The van der Waals surface area contributed by atoms with Crippen LogP contribution in [0.1, 0.15) is 23.6 Å². The fourth-order valence-corrected chi connectivity index (χ4v) is 2.49. The molecular formula is C10H11Br3O. The second-order valence-electron chi connectivity index (χ2n) is 3.11. The van der Waals surface area contributed by atoms with Crippen LogP contribution in [-0.2, 0) is 8.56 Å². The van der Waals surface area contributed by atoms with Crippen molar-refractivity contribution in [1.82, 2.24) is 0 Å². The predicted molar refractivity (Wildman–Crippen MR) is 70.7 cm³/mol. The number of phenolic OH excluding ortho intramolecular Hbond substituents is 1. The summed E-state index contributed by atoms with van der Waals surface area (Å²) in [7, 11) is 0. The van der Waals surface area contributed by atoms with Gasteiger partial charge in [0, 0.05) is 5.56 Å². The van der Waals surface area contributed by atoms with Crippen molar-refractivity contribution in [2.24, 2.45) is 0 Å². The number of alkyl halides is 3. The van der Waals surface area contributed by atoms with Crippen molar-refractivity contribution in [3.63, 3.8) is 0 Å². The van der Waals surface area contributed by atoms with E-state index in [1.165, 1.54) is 0 Å². The van der Waals surface area contributed by atoms with Crippen LogP contribution in [-0.4, -0.2) is 5.11 Å². The van der Waals surface area contributed by atoms with Gasteiger partial charge in [-0.2, -0.15) is 0 Å². The summed E-state index contributed by atoms with van der Waals surface area (Å²) in [5.74, 6) is 0.382. The van der Waals surface area contributed by atoms with E-state index < -0.39 is 2.14 Å².